The quantitative estimate of drug-likeness (QED) is 0.727. The lowest BCUT2D eigenvalue weighted by Crippen LogP contribution is -2.44. The second-order valence-electron chi connectivity index (χ2n) is 3.69. The Bertz CT molecular complexity index is 231. The number of carboxylic acid groups (broad SMARTS) is 1. The van der Waals surface area contributed by atoms with Gasteiger partial charge in [-0.25, -0.2) is 0 Å². The SMILES string of the molecule is CCSC(C(=O)N[C@H](C)C(=O)O)C(C)C. The van der Waals surface area contributed by atoms with Gasteiger partial charge in [0.25, 0.3) is 0 Å². The molecule has 0 aromatic carbocycles. The summed E-state index contributed by atoms with van der Waals surface area (Å²) in [5.74, 6) is -0.146. The van der Waals surface area contributed by atoms with Gasteiger partial charge in [-0.3, -0.25) is 9.59 Å². The highest BCUT2D eigenvalue weighted by molar-refractivity contribution is 8.00. The van der Waals surface area contributed by atoms with Gasteiger partial charge < -0.3 is 10.4 Å². The smallest absolute Gasteiger partial charge is 0.325 e. The Morgan fingerprint density at radius 1 is 1.33 bits per heavy atom. The standard InChI is InChI=1S/C10H19NO3S/c1-5-15-8(6(2)3)9(12)11-7(4)10(13)14/h6-8H,5H2,1-4H3,(H,11,12)(H,13,14)/t7-,8?/m1/s1. The van der Waals surface area contributed by atoms with Crippen molar-refractivity contribution in [3.63, 3.8) is 0 Å². The van der Waals surface area contributed by atoms with E-state index in [1.165, 1.54) is 6.92 Å². The molecule has 5 heteroatoms. The normalized spacial score (nSPS) is 14.7. The molecule has 0 aromatic rings. The zero-order chi connectivity index (χ0) is 12.0. The third-order valence-corrected chi connectivity index (χ3v) is 3.39. The molecule has 0 heterocycles. The molecule has 0 aliphatic rings. The first-order valence-corrected chi connectivity index (χ1v) is 6.09. The van der Waals surface area contributed by atoms with Crippen molar-refractivity contribution in [2.75, 3.05) is 5.75 Å². The Morgan fingerprint density at radius 3 is 2.20 bits per heavy atom. The minimum Gasteiger partial charge on any atom is -0.480 e. The second-order valence-corrected chi connectivity index (χ2v) is 5.11. The lowest BCUT2D eigenvalue weighted by atomic mass is 10.1. The summed E-state index contributed by atoms with van der Waals surface area (Å²) in [6.45, 7) is 7.36. The largest absolute Gasteiger partial charge is 0.480 e. The summed E-state index contributed by atoms with van der Waals surface area (Å²) in [6, 6.07) is -0.823. The van der Waals surface area contributed by atoms with Gasteiger partial charge >= 0.3 is 5.97 Å². The molecular formula is C10H19NO3S. The molecule has 0 bridgehead atoms. The van der Waals surface area contributed by atoms with E-state index in [1.54, 1.807) is 11.8 Å². The van der Waals surface area contributed by atoms with Crippen LogP contribution in [0.1, 0.15) is 27.7 Å². The highest BCUT2D eigenvalue weighted by Gasteiger charge is 2.24. The van der Waals surface area contributed by atoms with Crippen LogP contribution in [0.25, 0.3) is 0 Å². The molecule has 15 heavy (non-hydrogen) atoms. The van der Waals surface area contributed by atoms with Crippen molar-refractivity contribution < 1.29 is 14.7 Å². The van der Waals surface area contributed by atoms with E-state index in [-0.39, 0.29) is 17.1 Å². The van der Waals surface area contributed by atoms with Gasteiger partial charge in [-0.15, -0.1) is 11.8 Å². The number of rotatable bonds is 6. The number of carbonyl (C=O) groups is 2. The molecule has 88 valence electrons. The van der Waals surface area contributed by atoms with Gasteiger partial charge in [0, 0.05) is 0 Å². The van der Waals surface area contributed by atoms with E-state index in [0.29, 0.717) is 0 Å². The van der Waals surface area contributed by atoms with Crippen molar-refractivity contribution in [3.05, 3.63) is 0 Å². The maximum absolute atomic E-state index is 11.7. The van der Waals surface area contributed by atoms with Crippen molar-refractivity contribution in [1.29, 1.82) is 0 Å². The zero-order valence-corrected chi connectivity index (χ0v) is 10.4. The molecule has 2 atom stereocenters. The van der Waals surface area contributed by atoms with Crippen LogP contribution in [0, 0.1) is 5.92 Å². The molecule has 0 radical (unpaired) electrons. The van der Waals surface area contributed by atoms with Gasteiger partial charge in [-0.05, 0) is 18.6 Å². The van der Waals surface area contributed by atoms with Gasteiger partial charge in [0.05, 0.1) is 5.25 Å². The minimum atomic E-state index is -1.01. The first-order valence-electron chi connectivity index (χ1n) is 5.04. The summed E-state index contributed by atoms with van der Waals surface area (Å²) in [5, 5.41) is 11.0. The fourth-order valence-corrected chi connectivity index (χ4v) is 2.07. The van der Waals surface area contributed by atoms with Crippen LogP contribution >= 0.6 is 11.8 Å². The molecule has 0 saturated heterocycles. The highest BCUT2D eigenvalue weighted by Crippen LogP contribution is 2.19. The molecule has 0 rings (SSSR count). The predicted molar refractivity (Wildman–Crippen MR) is 62.0 cm³/mol. The van der Waals surface area contributed by atoms with E-state index in [9.17, 15) is 9.59 Å². The fraction of sp³-hybridized carbons (Fsp3) is 0.800. The van der Waals surface area contributed by atoms with Gasteiger partial charge in [-0.2, -0.15) is 0 Å². The first kappa shape index (κ1) is 14.3. The molecular weight excluding hydrogens is 214 g/mol. The molecule has 0 saturated carbocycles. The number of aliphatic carboxylic acids is 1. The first-order chi connectivity index (χ1) is 6.90. The lowest BCUT2D eigenvalue weighted by Gasteiger charge is -2.20. The molecule has 0 aromatic heterocycles. The fourth-order valence-electron chi connectivity index (χ4n) is 1.11. The summed E-state index contributed by atoms with van der Waals surface area (Å²) in [4.78, 5) is 22.3. The van der Waals surface area contributed by atoms with Gasteiger partial charge in [0.1, 0.15) is 6.04 Å². The van der Waals surface area contributed by atoms with Crippen molar-refractivity contribution >= 4 is 23.6 Å². The Balaban J connectivity index is 4.32. The third-order valence-electron chi connectivity index (χ3n) is 1.94. The molecule has 1 unspecified atom stereocenters. The van der Waals surface area contributed by atoms with Gasteiger partial charge in [0.2, 0.25) is 5.91 Å². The van der Waals surface area contributed by atoms with Crippen LogP contribution in [-0.2, 0) is 9.59 Å². The van der Waals surface area contributed by atoms with E-state index < -0.39 is 12.0 Å². The van der Waals surface area contributed by atoms with Crippen LogP contribution in [-0.4, -0.2) is 34.0 Å². The number of amides is 1. The molecule has 4 nitrogen and oxygen atoms in total. The van der Waals surface area contributed by atoms with Crippen LogP contribution in [0.2, 0.25) is 0 Å². The summed E-state index contributed by atoms with van der Waals surface area (Å²) < 4.78 is 0. The Hall–Kier alpha value is -0.710. The van der Waals surface area contributed by atoms with Crippen LogP contribution < -0.4 is 5.32 Å². The van der Waals surface area contributed by atoms with Gasteiger partial charge in [-0.1, -0.05) is 20.8 Å². The Kier molecular flexibility index (Phi) is 6.40. The Labute approximate surface area is 94.8 Å². The van der Waals surface area contributed by atoms with Crippen LogP contribution in [0.4, 0.5) is 0 Å². The number of carbonyl (C=O) groups excluding carboxylic acids is 1. The topological polar surface area (TPSA) is 66.4 Å². The van der Waals surface area contributed by atoms with E-state index in [0.717, 1.165) is 5.75 Å². The van der Waals surface area contributed by atoms with Crippen LogP contribution in [0.15, 0.2) is 0 Å². The van der Waals surface area contributed by atoms with Crippen molar-refractivity contribution in [1.82, 2.24) is 5.32 Å². The number of hydrogen-bond acceptors (Lipinski definition) is 3. The summed E-state index contributed by atoms with van der Waals surface area (Å²) in [5.41, 5.74) is 0. The Morgan fingerprint density at radius 2 is 1.87 bits per heavy atom. The molecule has 0 aliphatic carbocycles. The monoisotopic (exact) mass is 233 g/mol. The van der Waals surface area contributed by atoms with E-state index in [2.05, 4.69) is 5.32 Å². The highest BCUT2D eigenvalue weighted by atomic mass is 32.2. The summed E-state index contributed by atoms with van der Waals surface area (Å²) in [7, 11) is 0. The predicted octanol–water partition coefficient (Wildman–Crippen LogP) is 1.35. The van der Waals surface area contributed by atoms with E-state index in [4.69, 9.17) is 5.11 Å². The number of nitrogens with one attached hydrogen (secondary N) is 1. The summed E-state index contributed by atoms with van der Waals surface area (Å²) in [6.07, 6.45) is 0. The molecule has 0 aliphatic heterocycles. The van der Waals surface area contributed by atoms with Gasteiger partial charge in [0.15, 0.2) is 0 Å². The zero-order valence-electron chi connectivity index (χ0n) is 9.61. The molecule has 2 N–H and O–H groups in total. The molecule has 0 spiro atoms. The number of hydrogen-bond donors (Lipinski definition) is 2. The lowest BCUT2D eigenvalue weighted by molar-refractivity contribution is -0.141. The number of carboxylic acids is 1. The van der Waals surface area contributed by atoms with Crippen molar-refractivity contribution in [2.45, 2.75) is 39.0 Å². The maximum atomic E-state index is 11.7. The minimum absolute atomic E-state index is 0.170. The average Bonchev–Trinajstić information content (AvgIpc) is 2.12. The summed E-state index contributed by atoms with van der Waals surface area (Å²) >= 11 is 1.54. The third kappa shape index (κ3) is 5.06. The molecule has 1 amide bonds. The van der Waals surface area contributed by atoms with E-state index >= 15 is 0 Å². The van der Waals surface area contributed by atoms with Crippen molar-refractivity contribution in [3.8, 4) is 0 Å². The maximum Gasteiger partial charge on any atom is 0.325 e. The van der Waals surface area contributed by atoms with Crippen LogP contribution in [0.3, 0.4) is 0 Å². The van der Waals surface area contributed by atoms with E-state index in [1.807, 2.05) is 20.8 Å². The number of thioether (sulfide) groups is 1. The van der Waals surface area contributed by atoms with Crippen LogP contribution in [0.5, 0.6) is 0 Å². The average molecular weight is 233 g/mol. The molecule has 0 fully saturated rings. The van der Waals surface area contributed by atoms with Crippen molar-refractivity contribution in [2.24, 2.45) is 5.92 Å². The second kappa shape index (κ2) is 6.71.